The first kappa shape index (κ1) is 18.1. The van der Waals surface area contributed by atoms with E-state index in [4.69, 9.17) is 44.3 Å². The van der Waals surface area contributed by atoms with Crippen LogP contribution in [0.2, 0.25) is 15.1 Å². The zero-order valence-electron chi connectivity index (χ0n) is 12.8. The van der Waals surface area contributed by atoms with E-state index >= 15 is 0 Å². The summed E-state index contributed by atoms with van der Waals surface area (Å²) in [6.45, 7) is 7.67. The molecular formula is C15H23Cl3N2O2+2. The summed E-state index contributed by atoms with van der Waals surface area (Å²) in [7, 11) is 2.25. The molecular weight excluding hydrogens is 347 g/mol. The normalized spacial score (nSPS) is 21.8. The first-order chi connectivity index (χ1) is 10.6. The van der Waals surface area contributed by atoms with Crippen LogP contribution in [-0.2, 0) is 4.74 Å². The number of nitrogens with one attached hydrogen (secondary N) is 2. The second-order valence-corrected chi connectivity index (χ2v) is 6.87. The number of piperazine rings is 1. The number of benzene rings is 1. The van der Waals surface area contributed by atoms with Crippen molar-refractivity contribution in [3.63, 3.8) is 0 Å². The lowest BCUT2D eigenvalue weighted by Gasteiger charge is -2.27. The number of halogens is 3. The average molecular weight is 370 g/mol. The van der Waals surface area contributed by atoms with Crippen LogP contribution in [0, 0.1) is 0 Å². The van der Waals surface area contributed by atoms with E-state index in [0.29, 0.717) is 34.0 Å². The Balaban J connectivity index is 1.60. The van der Waals surface area contributed by atoms with Gasteiger partial charge in [-0.2, -0.15) is 0 Å². The molecule has 1 heterocycles. The molecule has 1 aromatic carbocycles. The highest BCUT2D eigenvalue weighted by Gasteiger charge is 2.19. The van der Waals surface area contributed by atoms with Crippen molar-refractivity contribution >= 4 is 34.8 Å². The van der Waals surface area contributed by atoms with Crippen LogP contribution >= 0.6 is 34.8 Å². The predicted molar refractivity (Wildman–Crippen MR) is 90.0 cm³/mol. The lowest BCUT2D eigenvalue weighted by atomic mass is 10.3. The Morgan fingerprint density at radius 3 is 2.23 bits per heavy atom. The minimum absolute atomic E-state index is 0.418. The van der Waals surface area contributed by atoms with Crippen LogP contribution in [0.5, 0.6) is 5.75 Å². The zero-order chi connectivity index (χ0) is 15.9. The van der Waals surface area contributed by atoms with Gasteiger partial charge in [0.15, 0.2) is 5.75 Å². The standard InChI is InChI=1S/C15H21Cl3N2O2/c1-19-2-4-20(5-3-19)6-7-21-8-9-22-15-13(17)10-12(16)11-14(15)18/h10-11H,2-9H2,1H3/p+2. The Bertz CT molecular complexity index is 457. The van der Waals surface area contributed by atoms with Crippen LogP contribution < -0.4 is 14.5 Å². The van der Waals surface area contributed by atoms with Gasteiger partial charge in [-0.15, -0.1) is 0 Å². The van der Waals surface area contributed by atoms with E-state index in [1.807, 2.05) is 0 Å². The molecule has 1 saturated heterocycles. The molecule has 0 saturated carbocycles. The van der Waals surface area contributed by atoms with Gasteiger partial charge in [0.05, 0.1) is 30.3 Å². The van der Waals surface area contributed by atoms with Crippen molar-refractivity contribution in [1.82, 2.24) is 0 Å². The molecule has 1 aliphatic heterocycles. The molecule has 2 rings (SSSR count). The molecule has 0 unspecified atom stereocenters. The van der Waals surface area contributed by atoms with E-state index < -0.39 is 0 Å². The van der Waals surface area contributed by atoms with Crippen molar-refractivity contribution < 1.29 is 19.3 Å². The van der Waals surface area contributed by atoms with Gasteiger partial charge in [-0.1, -0.05) is 34.8 Å². The van der Waals surface area contributed by atoms with Crippen LogP contribution in [0.25, 0.3) is 0 Å². The molecule has 0 spiro atoms. The van der Waals surface area contributed by atoms with E-state index in [2.05, 4.69) is 7.05 Å². The van der Waals surface area contributed by atoms with Crippen LogP contribution in [0.4, 0.5) is 0 Å². The number of hydrogen-bond donors (Lipinski definition) is 2. The summed E-state index contributed by atoms with van der Waals surface area (Å²) < 4.78 is 11.2. The summed E-state index contributed by atoms with van der Waals surface area (Å²) in [4.78, 5) is 3.24. The highest BCUT2D eigenvalue weighted by Crippen LogP contribution is 2.35. The molecule has 0 aromatic heterocycles. The number of hydrogen-bond acceptors (Lipinski definition) is 2. The maximum Gasteiger partial charge on any atom is 0.156 e. The minimum Gasteiger partial charge on any atom is -0.488 e. The lowest BCUT2D eigenvalue weighted by molar-refractivity contribution is -1.00. The quantitative estimate of drug-likeness (QED) is 0.683. The first-order valence-corrected chi connectivity index (χ1v) is 8.69. The summed E-state index contributed by atoms with van der Waals surface area (Å²) >= 11 is 18.0. The minimum atomic E-state index is 0.418. The van der Waals surface area contributed by atoms with Crippen molar-refractivity contribution in [1.29, 1.82) is 0 Å². The van der Waals surface area contributed by atoms with E-state index in [1.54, 1.807) is 21.9 Å². The Morgan fingerprint density at radius 1 is 0.955 bits per heavy atom. The van der Waals surface area contributed by atoms with E-state index in [1.165, 1.54) is 26.2 Å². The lowest BCUT2D eigenvalue weighted by Crippen LogP contribution is -3.27. The largest absolute Gasteiger partial charge is 0.488 e. The molecule has 0 aliphatic carbocycles. The number of ether oxygens (including phenoxy) is 2. The monoisotopic (exact) mass is 368 g/mol. The molecule has 0 bridgehead atoms. The molecule has 0 amide bonds. The third-order valence-electron chi connectivity index (χ3n) is 3.85. The summed E-state index contributed by atoms with van der Waals surface area (Å²) in [5.41, 5.74) is 0. The third kappa shape index (κ3) is 5.76. The van der Waals surface area contributed by atoms with Crippen LogP contribution in [0.15, 0.2) is 12.1 Å². The predicted octanol–water partition coefficient (Wildman–Crippen LogP) is 0.455. The number of rotatable bonds is 7. The molecule has 22 heavy (non-hydrogen) atoms. The van der Waals surface area contributed by atoms with Gasteiger partial charge >= 0.3 is 0 Å². The van der Waals surface area contributed by atoms with Crippen LogP contribution in [0.3, 0.4) is 0 Å². The molecule has 0 atom stereocenters. The van der Waals surface area contributed by atoms with Gasteiger partial charge in [0.2, 0.25) is 0 Å². The fourth-order valence-electron chi connectivity index (χ4n) is 2.47. The Morgan fingerprint density at radius 2 is 1.59 bits per heavy atom. The van der Waals surface area contributed by atoms with Crippen molar-refractivity contribution in [2.75, 3.05) is 59.6 Å². The van der Waals surface area contributed by atoms with Gasteiger partial charge in [-0.3, -0.25) is 0 Å². The average Bonchev–Trinajstić information content (AvgIpc) is 2.46. The van der Waals surface area contributed by atoms with E-state index in [9.17, 15) is 0 Å². The smallest absolute Gasteiger partial charge is 0.156 e. The molecule has 1 aliphatic rings. The van der Waals surface area contributed by atoms with Crippen molar-refractivity contribution in [3.8, 4) is 5.75 Å². The molecule has 2 N–H and O–H groups in total. The third-order valence-corrected chi connectivity index (χ3v) is 4.63. The number of quaternary nitrogens is 2. The SMILES string of the molecule is C[NH+]1CC[NH+](CCOCCOc2c(Cl)cc(Cl)cc2Cl)CC1. The van der Waals surface area contributed by atoms with Crippen LogP contribution in [0.1, 0.15) is 0 Å². The summed E-state index contributed by atoms with van der Waals surface area (Å²) in [5.74, 6) is 0.462. The van der Waals surface area contributed by atoms with Gasteiger partial charge in [0.1, 0.15) is 39.3 Å². The second kappa shape index (κ2) is 9.16. The molecule has 1 fully saturated rings. The summed E-state index contributed by atoms with van der Waals surface area (Å²) in [5, 5.41) is 1.33. The van der Waals surface area contributed by atoms with Crippen LogP contribution in [-0.4, -0.2) is 59.6 Å². The fraction of sp³-hybridized carbons (Fsp3) is 0.600. The Labute approximate surface area is 146 Å². The van der Waals surface area contributed by atoms with Gasteiger partial charge in [-0.25, -0.2) is 0 Å². The maximum atomic E-state index is 6.05. The number of likely N-dealkylation sites (N-methyl/N-ethyl adjacent to an activating group) is 1. The molecule has 124 valence electrons. The highest BCUT2D eigenvalue weighted by atomic mass is 35.5. The summed E-state index contributed by atoms with van der Waals surface area (Å²) in [6, 6.07) is 3.23. The van der Waals surface area contributed by atoms with E-state index in [0.717, 1.165) is 13.2 Å². The maximum absolute atomic E-state index is 6.05. The topological polar surface area (TPSA) is 27.3 Å². The van der Waals surface area contributed by atoms with Gasteiger partial charge in [-0.05, 0) is 12.1 Å². The molecule has 0 radical (unpaired) electrons. The Hall–Kier alpha value is -0.230. The van der Waals surface area contributed by atoms with E-state index in [-0.39, 0.29) is 0 Å². The zero-order valence-corrected chi connectivity index (χ0v) is 15.0. The van der Waals surface area contributed by atoms with Crippen molar-refractivity contribution in [2.24, 2.45) is 0 Å². The fourth-order valence-corrected chi connectivity index (χ4v) is 3.39. The molecule has 7 heteroatoms. The first-order valence-electron chi connectivity index (χ1n) is 7.56. The van der Waals surface area contributed by atoms with Crippen molar-refractivity contribution in [3.05, 3.63) is 27.2 Å². The van der Waals surface area contributed by atoms with Crippen molar-refractivity contribution in [2.45, 2.75) is 0 Å². The molecule has 4 nitrogen and oxygen atoms in total. The second-order valence-electron chi connectivity index (χ2n) is 5.62. The Kier molecular flexibility index (Phi) is 7.54. The molecule has 1 aromatic rings. The van der Waals surface area contributed by atoms with Gasteiger partial charge < -0.3 is 19.3 Å². The van der Waals surface area contributed by atoms with Gasteiger partial charge in [0.25, 0.3) is 0 Å². The summed E-state index contributed by atoms with van der Waals surface area (Å²) in [6.07, 6.45) is 0. The van der Waals surface area contributed by atoms with Gasteiger partial charge in [0, 0.05) is 5.02 Å². The highest BCUT2D eigenvalue weighted by molar-refractivity contribution is 6.40.